The van der Waals surface area contributed by atoms with E-state index in [2.05, 4.69) is 0 Å². The first-order chi connectivity index (χ1) is 9.51. The molecule has 0 aromatic heterocycles. The Labute approximate surface area is 114 Å². The fourth-order valence-corrected chi connectivity index (χ4v) is 1.63. The highest BCUT2D eigenvalue weighted by Gasteiger charge is 2.15. The standard InChI is InChI=1S/C14H9FN2O3/c1-9-2-4-11(15)6-14(9)20-12-5-3-10(8-16)13(7-12)17(18)19/h2-7H,1H3. The van der Waals surface area contributed by atoms with Crippen LogP contribution in [0.2, 0.25) is 0 Å². The van der Waals surface area contributed by atoms with Crippen LogP contribution in [0.5, 0.6) is 11.5 Å². The summed E-state index contributed by atoms with van der Waals surface area (Å²) in [6, 6.07) is 9.63. The van der Waals surface area contributed by atoms with Crippen LogP contribution < -0.4 is 4.74 Å². The molecular formula is C14H9FN2O3. The summed E-state index contributed by atoms with van der Waals surface area (Å²) in [5.41, 5.74) is 0.288. The predicted octanol–water partition coefficient (Wildman–Crippen LogP) is 3.71. The molecule has 0 aliphatic carbocycles. The summed E-state index contributed by atoms with van der Waals surface area (Å²) in [7, 11) is 0. The Hall–Kier alpha value is -2.94. The van der Waals surface area contributed by atoms with Gasteiger partial charge in [0.15, 0.2) is 0 Å². The van der Waals surface area contributed by atoms with Crippen molar-refractivity contribution in [3.05, 3.63) is 63.5 Å². The highest BCUT2D eigenvalue weighted by atomic mass is 19.1. The summed E-state index contributed by atoms with van der Waals surface area (Å²) in [4.78, 5) is 10.2. The van der Waals surface area contributed by atoms with E-state index in [1.165, 1.54) is 24.3 Å². The molecule has 0 amide bonds. The highest BCUT2D eigenvalue weighted by Crippen LogP contribution is 2.30. The van der Waals surface area contributed by atoms with E-state index in [1.807, 2.05) is 0 Å². The van der Waals surface area contributed by atoms with Crippen molar-refractivity contribution in [3.63, 3.8) is 0 Å². The Kier molecular flexibility index (Phi) is 3.62. The maximum atomic E-state index is 13.1. The first-order valence-corrected chi connectivity index (χ1v) is 5.64. The van der Waals surface area contributed by atoms with E-state index >= 15 is 0 Å². The molecule has 0 fully saturated rings. The molecule has 0 aliphatic heterocycles. The van der Waals surface area contributed by atoms with Crippen molar-refractivity contribution >= 4 is 5.69 Å². The highest BCUT2D eigenvalue weighted by molar-refractivity contribution is 5.53. The summed E-state index contributed by atoms with van der Waals surface area (Å²) in [6.07, 6.45) is 0. The Morgan fingerprint density at radius 3 is 2.70 bits per heavy atom. The lowest BCUT2D eigenvalue weighted by Gasteiger charge is -2.08. The fraction of sp³-hybridized carbons (Fsp3) is 0.0714. The molecule has 0 aliphatic rings. The molecule has 20 heavy (non-hydrogen) atoms. The average molecular weight is 272 g/mol. The minimum absolute atomic E-state index is 0.0571. The van der Waals surface area contributed by atoms with Crippen molar-refractivity contribution in [1.29, 1.82) is 5.26 Å². The molecule has 2 aromatic carbocycles. The molecular weight excluding hydrogens is 263 g/mol. The zero-order valence-electron chi connectivity index (χ0n) is 10.5. The van der Waals surface area contributed by atoms with Crippen molar-refractivity contribution in [2.24, 2.45) is 0 Å². The number of rotatable bonds is 3. The van der Waals surface area contributed by atoms with Gasteiger partial charge in [-0.05, 0) is 30.7 Å². The van der Waals surface area contributed by atoms with E-state index < -0.39 is 10.7 Å². The summed E-state index contributed by atoms with van der Waals surface area (Å²) >= 11 is 0. The van der Waals surface area contributed by atoms with Crippen molar-refractivity contribution in [1.82, 2.24) is 0 Å². The normalized spacial score (nSPS) is 9.85. The lowest BCUT2D eigenvalue weighted by molar-refractivity contribution is -0.385. The van der Waals surface area contributed by atoms with Gasteiger partial charge in [-0.15, -0.1) is 0 Å². The van der Waals surface area contributed by atoms with Crippen LogP contribution in [0.25, 0.3) is 0 Å². The number of nitro groups is 1. The third-order valence-corrected chi connectivity index (χ3v) is 2.66. The van der Waals surface area contributed by atoms with Crippen molar-refractivity contribution < 1.29 is 14.1 Å². The van der Waals surface area contributed by atoms with Crippen molar-refractivity contribution in [3.8, 4) is 17.6 Å². The third kappa shape index (κ3) is 2.72. The molecule has 5 nitrogen and oxygen atoms in total. The quantitative estimate of drug-likeness (QED) is 0.630. The Bertz CT molecular complexity index is 723. The monoisotopic (exact) mass is 272 g/mol. The second kappa shape index (κ2) is 5.36. The van der Waals surface area contributed by atoms with Gasteiger partial charge >= 0.3 is 0 Å². The number of aryl methyl sites for hydroxylation is 1. The molecule has 0 spiro atoms. The van der Waals surface area contributed by atoms with Gasteiger partial charge in [0.05, 0.1) is 11.0 Å². The van der Waals surface area contributed by atoms with Crippen LogP contribution in [0, 0.1) is 34.2 Å². The molecule has 2 aromatic rings. The number of nitro benzene ring substituents is 1. The lowest BCUT2D eigenvalue weighted by atomic mass is 10.2. The molecule has 2 rings (SSSR count). The number of hydrogen-bond acceptors (Lipinski definition) is 4. The number of nitriles is 1. The lowest BCUT2D eigenvalue weighted by Crippen LogP contribution is -1.94. The second-order valence-electron chi connectivity index (χ2n) is 4.06. The van der Waals surface area contributed by atoms with E-state index in [4.69, 9.17) is 10.00 Å². The minimum atomic E-state index is -0.663. The molecule has 0 radical (unpaired) electrons. The van der Waals surface area contributed by atoms with E-state index in [0.29, 0.717) is 5.56 Å². The van der Waals surface area contributed by atoms with Crippen LogP contribution in [0.3, 0.4) is 0 Å². The number of benzene rings is 2. The van der Waals surface area contributed by atoms with Crippen LogP contribution >= 0.6 is 0 Å². The van der Waals surface area contributed by atoms with Crippen molar-refractivity contribution in [2.45, 2.75) is 6.92 Å². The molecule has 0 saturated heterocycles. The number of hydrogen-bond donors (Lipinski definition) is 0. The SMILES string of the molecule is Cc1ccc(F)cc1Oc1ccc(C#N)c([N+](=O)[O-])c1. The molecule has 0 atom stereocenters. The van der Waals surface area contributed by atoms with E-state index in [0.717, 1.165) is 6.07 Å². The predicted molar refractivity (Wildman–Crippen MR) is 69.0 cm³/mol. The first-order valence-electron chi connectivity index (χ1n) is 5.64. The van der Waals surface area contributed by atoms with Crippen LogP contribution in [0.1, 0.15) is 11.1 Å². The van der Waals surface area contributed by atoms with Crippen LogP contribution in [0.15, 0.2) is 36.4 Å². The Morgan fingerprint density at radius 1 is 1.30 bits per heavy atom. The van der Waals surface area contributed by atoms with Crippen LogP contribution in [-0.2, 0) is 0 Å². The van der Waals surface area contributed by atoms with E-state index in [-0.39, 0.29) is 22.7 Å². The molecule has 0 bridgehead atoms. The van der Waals surface area contributed by atoms with Gasteiger partial charge in [0.25, 0.3) is 5.69 Å². The smallest absolute Gasteiger partial charge is 0.290 e. The topological polar surface area (TPSA) is 76.2 Å². The van der Waals surface area contributed by atoms with Gasteiger partial charge in [-0.2, -0.15) is 5.26 Å². The van der Waals surface area contributed by atoms with Gasteiger partial charge in [-0.25, -0.2) is 4.39 Å². The maximum absolute atomic E-state index is 13.1. The van der Waals surface area contributed by atoms with Gasteiger partial charge in [-0.1, -0.05) is 6.07 Å². The molecule has 100 valence electrons. The first kappa shape index (κ1) is 13.5. The number of halogens is 1. The molecule has 0 unspecified atom stereocenters. The largest absolute Gasteiger partial charge is 0.457 e. The molecule has 6 heteroatoms. The van der Waals surface area contributed by atoms with Crippen molar-refractivity contribution in [2.75, 3.05) is 0 Å². The van der Waals surface area contributed by atoms with Gasteiger partial charge in [0.1, 0.15) is 28.9 Å². The summed E-state index contributed by atoms with van der Waals surface area (Å²) in [6.45, 7) is 1.73. The number of ether oxygens (including phenoxy) is 1. The Balaban J connectivity index is 2.40. The molecule has 0 saturated carbocycles. The summed E-state index contributed by atoms with van der Waals surface area (Å²) < 4.78 is 18.6. The van der Waals surface area contributed by atoms with E-state index in [1.54, 1.807) is 19.1 Å². The molecule has 0 heterocycles. The molecule has 0 N–H and O–H groups in total. The van der Waals surface area contributed by atoms with Gasteiger partial charge in [0.2, 0.25) is 0 Å². The summed E-state index contributed by atoms with van der Waals surface area (Å²) in [5, 5.41) is 19.6. The van der Waals surface area contributed by atoms with Gasteiger partial charge < -0.3 is 4.74 Å². The number of nitrogens with zero attached hydrogens (tertiary/aromatic N) is 2. The maximum Gasteiger partial charge on any atom is 0.290 e. The summed E-state index contributed by atoms with van der Waals surface area (Å²) in [5.74, 6) is -0.0258. The zero-order chi connectivity index (χ0) is 14.7. The average Bonchev–Trinajstić information content (AvgIpc) is 2.42. The third-order valence-electron chi connectivity index (χ3n) is 2.66. The van der Waals surface area contributed by atoms with Gasteiger partial charge in [0, 0.05) is 6.07 Å². The van der Waals surface area contributed by atoms with E-state index in [9.17, 15) is 14.5 Å². The fourth-order valence-electron chi connectivity index (χ4n) is 1.63. The minimum Gasteiger partial charge on any atom is -0.457 e. The second-order valence-corrected chi connectivity index (χ2v) is 4.06. The zero-order valence-corrected chi connectivity index (χ0v) is 10.5. The van der Waals surface area contributed by atoms with Gasteiger partial charge in [-0.3, -0.25) is 10.1 Å². The Morgan fingerprint density at radius 2 is 2.05 bits per heavy atom. The van der Waals surface area contributed by atoms with Crippen LogP contribution in [0.4, 0.5) is 10.1 Å². The van der Waals surface area contributed by atoms with Crippen LogP contribution in [-0.4, -0.2) is 4.92 Å².